The van der Waals surface area contributed by atoms with Crippen molar-refractivity contribution in [3.63, 3.8) is 0 Å². The smallest absolute Gasteiger partial charge is 0.304 e. The summed E-state index contributed by atoms with van der Waals surface area (Å²) in [4.78, 5) is 31.9. The van der Waals surface area contributed by atoms with Gasteiger partial charge in [-0.25, -0.2) is 0 Å². The van der Waals surface area contributed by atoms with Crippen molar-refractivity contribution in [2.45, 2.75) is 25.7 Å². The molecule has 0 aliphatic carbocycles. The van der Waals surface area contributed by atoms with Crippen LogP contribution < -0.4 is 5.73 Å². The number of hydrogen-bond donors (Lipinski definition) is 2. The van der Waals surface area contributed by atoms with E-state index in [9.17, 15) is 14.4 Å². The Morgan fingerprint density at radius 1 is 1.47 bits per heavy atom. The Bertz CT molecular complexity index is 266. The maximum Gasteiger partial charge on any atom is 0.304 e. The Balaban J connectivity index is 4.78. The van der Waals surface area contributed by atoms with Crippen molar-refractivity contribution in [2.24, 2.45) is 5.73 Å². The summed E-state index contributed by atoms with van der Waals surface area (Å²) in [6, 6.07) is 0. The minimum Gasteiger partial charge on any atom is -0.454 e. The molecule has 0 saturated heterocycles. The molecule has 0 aromatic heterocycles. The molecule has 0 saturated carbocycles. The van der Waals surface area contributed by atoms with Gasteiger partial charge in [-0.15, -0.1) is 0 Å². The van der Waals surface area contributed by atoms with Crippen LogP contribution in [0.5, 0.6) is 0 Å². The standard InChI is InChI=1S/C8H13NO6/c1-5(12)14-7(3-10)8(9,4-11)15-6(2)13/h4,7,10H,3,9H2,1-2H3. The van der Waals surface area contributed by atoms with E-state index < -0.39 is 30.4 Å². The molecular weight excluding hydrogens is 206 g/mol. The third kappa shape index (κ3) is 4.05. The molecule has 0 amide bonds. The Morgan fingerprint density at radius 2 is 2.00 bits per heavy atom. The van der Waals surface area contributed by atoms with Crippen LogP contribution in [0.1, 0.15) is 13.8 Å². The van der Waals surface area contributed by atoms with E-state index in [4.69, 9.17) is 10.8 Å². The largest absolute Gasteiger partial charge is 0.454 e. The highest BCUT2D eigenvalue weighted by molar-refractivity contribution is 5.74. The summed E-state index contributed by atoms with van der Waals surface area (Å²) in [7, 11) is 0. The van der Waals surface area contributed by atoms with E-state index in [1.54, 1.807) is 0 Å². The number of carbonyl (C=O) groups excluding carboxylic acids is 3. The molecule has 0 radical (unpaired) electrons. The molecule has 2 unspecified atom stereocenters. The zero-order valence-corrected chi connectivity index (χ0v) is 8.43. The van der Waals surface area contributed by atoms with Gasteiger partial charge in [0.1, 0.15) is 0 Å². The first kappa shape index (κ1) is 13.5. The van der Waals surface area contributed by atoms with Crippen LogP contribution in [-0.4, -0.2) is 41.8 Å². The van der Waals surface area contributed by atoms with Crippen molar-refractivity contribution in [1.82, 2.24) is 0 Å². The van der Waals surface area contributed by atoms with Crippen molar-refractivity contribution in [3.05, 3.63) is 0 Å². The summed E-state index contributed by atoms with van der Waals surface area (Å²) in [6.45, 7) is 1.37. The summed E-state index contributed by atoms with van der Waals surface area (Å²) in [5, 5.41) is 8.85. The van der Waals surface area contributed by atoms with Crippen molar-refractivity contribution < 1.29 is 29.0 Å². The number of aldehydes is 1. The van der Waals surface area contributed by atoms with Gasteiger partial charge >= 0.3 is 11.9 Å². The van der Waals surface area contributed by atoms with Crippen LogP contribution in [0.4, 0.5) is 0 Å². The van der Waals surface area contributed by atoms with Crippen molar-refractivity contribution in [1.29, 1.82) is 0 Å². The first-order valence-corrected chi connectivity index (χ1v) is 4.08. The summed E-state index contributed by atoms with van der Waals surface area (Å²) in [5.74, 6) is -1.58. The number of nitrogens with two attached hydrogens (primary N) is 1. The van der Waals surface area contributed by atoms with Crippen molar-refractivity contribution in [2.75, 3.05) is 6.61 Å². The molecule has 0 aromatic carbocycles. The first-order valence-electron chi connectivity index (χ1n) is 4.08. The normalized spacial score (nSPS) is 16.0. The van der Waals surface area contributed by atoms with E-state index in [0.29, 0.717) is 0 Å². The lowest BCUT2D eigenvalue weighted by Gasteiger charge is -2.29. The topological polar surface area (TPSA) is 116 Å². The second-order valence-corrected chi connectivity index (χ2v) is 2.85. The molecule has 0 aliphatic rings. The van der Waals surface area contributed by atoms with Crippen molar-refractivity contribution >= 4 is 18.2 Å². The zero-order valence-electron chi connectivity index (χ0n) is 8.43. The fourth-order valence-electron chi connectivity index (χ4n) is 0.887. The van der Waals surface area contributed by atoms with Crippen LogP contribution in [0, 0.1) is 0 Å². The molecule has 86 valence electrons. The third-order valence-corrected chi connectivity index (χ3v) is 1.48. The lowest BCUT2D eigenvalue weighted by Crippen LogP contribution is -2.58. The molecule has 0 aliphatic heterocycles. The number of rotatable bonds is 5. The summed E-state index contributed by atoms with van der Waals surface area (Å²) >= 11 is 0. The molecule has 2 atom stereocenters. The van der Waals surface area contributed by atoms with Gasteiger partial charge in [-0.05, 0) is 0 Å². The highest BCUT2D eigenvalue weighted by Crippen LogP contribution is 2.11. The second kappa shape index (κ2) is 5.42. The predicted octanol–water partition coefficient (Wildman–Crippen LogP) is -1.67. The summed E-state index contributed by atoms with van der Waals surface area (Å²) in [6.07, 6.45) is -1.32. The van der Waals surface area contributed by atoms with E-state index in [-0.39, 0.29) is 6.29 Å². The molecule has 0 rings (SSSR count). The van der Waals surface area contributed by atoms with E-state index >= 15 is 0 Å². The van der Waals surface area contributed by atoms with E-state index in [0.717, 1.165) is 13.8 Å². The average Bonchev–Trinajstić information content (AvgIpc) is 2.12. The zero-order chi connectivity index (χ0) is 12.1. The van der Waals surface area contributed by atoms with Crippen LogP contribution in [0.15, 0.2) is 0 Å². The number of hydrogen-bond acceptors (Lipinski definition) is 7. The van der Waals surface area contributed by atoms with Gasteiger partial charge in [0.25, 0.3) is 5.72 Å². The predicted molar refractivity (Wildman–Crippen MR) is 47.4 cm³/mol. The second-order valence-electron chi connectivity index (χ2n) is 2.85. The first-order chi connectivity index (χ1) is 6.85. The average molecular weight is 219 g/mol. The van der Waals surface area contributed by atoms with E-state index in [2.05, 4.69) is 9.47 Å². The van der Waals surface area contributed by atoms with Crippen LogP contribution in [-0.2, 0) is 23.9 Å². The van der Waals surface area contributed by atoms with Gasteiger partial charge in [-0.3, -0.25) is 20.1 Å². The molecule has 0 aromatic rings. The maximum absolute atomic E-state index is 10.6. The lowest BCUT2D eigenvalue weighted by atomic mass is 10.1. The Kier molecular flexibility index (Phi) is 4.89. The Hall–Kier alpha value is -1.47. The lowest BCUT2D eigenvalue weighted by molar-refractivity contribution is -0.186. The van der Waals surface area contributed by atoms with Crippen molar-refractivity contribution in [3.8, 4) is 0 Å². The van der Waals surface area contributed by atoms with Gasteiger partial charge in [0.2, 0.25) is 0 Å². The summed E-state index contributed by atoms with van der Waals surface area (Å²) < 4.78 is 9.01. The Labute approximate surface area is 86.1 Å². The molecule has 0 fully saturated rings. The highest BCUT2D eigenvalue weighted by atomic mass is 16.6. The Morgan fingerprint density at radius 3 is 2.27 bits per heavy atom. The number of esters is 2. The van der Waals surface area contributed by atoms with Crippen LogP contribution in [0.3, 0.4) is 0 Å². The van der Waals surface area contributed by atoms with Gasteiger partial charge in [-0.1, -0.05) is 0 Å². The fraction of sp³-hybridized carbons (Fsp3) is 0.625. The van der Waals surface area contributed by atoms with Gasteiger partial charge < -0.3 is 14.6 Å². The number of carbonyl (C=O) groups is 3. The third-order valence-electron chi connectivity index (χ3n) is 1.48. The molecule has 3 N–H and O–H groups in total. The SMILES string of the molecule is CC(=O)OC(CO)C(N)(C=O)OC(C)=O. The molecule has 7 nitrogen and oxygen atoms in total. The fourth-order valence-corrected chi connectivity index (χ4v) is 0.887. The quantitative estimate of drug-likeness (QED) is 0.322. The number of aliphatic hydroxyl groups excluding tert-OH is 1. The minimum atomic E-state index is -2.16. The van der Waals surface area contributed by atoms with Crippen LogP contribution in [0.2, 0.25) is 0 Å². The number of ether oxygens (including phenoxy) is 2. The van der Waals surface area contributed by atoms with E-state index in [1.165, 1.54) is 0 Å². The van der Waals surface area contributed by atoms with Gasteiger partial charge in [0.15, 0.2) is 12.4 Å². The molecule has 0 heterocycles. The molecule has 7 heteroatoms. The molecule has 0 spiro atoms. The summed E-state index contributed by atoms with van der Waals surface area (Å²) in [5.41, 5.74) is 3.19. The maximum atomic E-state index is 10.6. The molecular formula is C8H13NO6. The van der Waals surface area contributed by atoms with Crippen LogP contribution >= 0.6 is 0 Å². The van der Waals surface area contributed by atoms with E-state index in [1.807, 2.05) is 0 Å². The van der Waals surface area contributed by atoms with Crippen LogP contribution in [0.25, 0.3) is 0 Å². The highest BCUT2D eigenvalue weighted by Gasteiger charge is 2.40. The molecule has 0 bridgehead atoms. The monoisotopic (exact) mass is 219 g/mol. The van der Waals surface area contributed by atoms with Gasteiger partial charge in [0, 0.05) is 13.8 Å². The van der Waals surface area contributed by atoms with Gasteiger partial charge in [0.05, 0.1) is 6.61 Å². The van der Waals surface area contributed by atoms with Gasteiger partial charge in [-0.2, -0.15) is 0 Å². The number of aliphatic hydroxyl groups is 1. The molecule has 15 heavy (non-hydrogen) atoms. The minimum absolute atomic E-state index is 0.0955.